The van der Waals surface area contributed by atoms with Crippen molar-refractivity contribution in [3.8, 4) is 44.6 Å². The standard InChI is InChI=1S/C43H28N2/c1-2-11-29(12-3-1)33-25-26-41-44-40(28-45(41)27-33)31-21-23-32(24-22-31)42-36-16-6-8-18-38(36)43(39-19-9-7-17-37(39)42)35-20-10-14-30-13-4-5-15-34(30)35/h1-28H. The van der Waals surface area contributed by atoms with Crippen LogP contribution in [0, 0.1) is 0 Å². The molecule has 0 N–H and O–H groups in total. The van der Waals surface area contributed by atoms with Gasteiger partial charge in [-0.2, -0.15) is 0 Å². The molecular weight excluding hydrogens is 544 g/mol. The molecular formula is C43H28N2. The van der Waals surface area contributed by atoms with Crippen LogP contribution < -0.4 is 0 Å². The molecule has 0 aliphatic heterocycles. The summed E-state index contributed by atoms with van der Waals surface area (Å²) in [5, 5.41) is 7.57. The molecule has 0 bridgehead atoms. The summed E-state index contributed by atoms with van der Waals surface area (Å²) in [7, 11) is 0. The Bertz CT molecular complexity index is 2460. The summed E-state index contributed by atoms with van der Waals surface area (Å²) in [5.41, 5.74) is 10.4. The van der Waals surface area contributed by atoms with Gasteiger partial charge in [-0.1, -0.05) is 146 Å². The first-order chi connectivity index (χ1) is 22.3. The van der Waals surface area contributed by atoms with Gasteiger partial charge in [0, 0.05) is 18.0 Å². The second kappa shape index (κ2) is 10.3. The van der Waals surface area contributed by atoms with E-state index in [1.54, 1.807) is 0 Å². The van der Waals surface area contributed by atoms with Crippen molar-refractivity contribution in [2.45, 2.75) is 0 Å². The number of pyridine rings is 1. The van der Waals surface area contributed by atoms with Crippen LogP contribution in [0.3, 0.4) is 0 Å². The van der Waals surface area contributed by atoms with Crippen LogP contribution in [-0.4, -0.2) is 9.38 Å². The lowest BCUT2D eigenvalue weighted by atomic mass is 9.84. The van der Waals surface area contributed by atoms with Gasteiger partial charge in [-0.15, -0.1) is 0 Å². The fourth-order valence-corrected chi connectivity index (χ4v) is 6.91. The third-order valence-electron chi connectivity index (χ3n) is 9.02. The zero-order chi connectivity index (χ0) is 29.7. The number of fused-ring (bicyclic) bond motifs is 4. The van der Waals surface area contributed by atoms with Gasteiger partial charge in [0.05, 0.1) is 5.69 Å². The van der Waals surface area contributed by atoms with Crippen molar-refractivity contribution in [1.82, 2.24) is 9.38 Å². The average Bonchev–Trinajstić information content (AvgIpc) is 3.55. The minimum atomic E-state index is 0.940. The van der Waals surface area contributed by atoms with E-state index >= 15 is 0 Å². The first-order valence-corrected chi connectivity index (χ1v) is 15.4. The van der Waals surface area contributed by atoms with Gasteiger partial charge in [-0.25, -0.2) is 4.98 Å². The van der Waals surface area contributed by atoms with Crippen LogP contribution in [0.15, 0.2) is 170 Å². The highest BCUT2D eigenvalue weighted by molar-refractivity contribution is 6.23. The van der Waals surface area contributed by atoms with E-state index in [0.717, 1.165) is 16.9 Å². The summed E-state index contributed by atoms with van der Waals surface area (Å²) in [6, 6.07) is 56.7. The maximum absolute atomic E-state index is 4.95. The number of imidazole rings is 1. The minimum absolute atomic E-state index is 0.940. The van der Waals surface area contributed by atoms with Crippen molar-refractivity contribution < 1.29 is 0 Å². The molecule has 9 rings (SSSR count). The molecule has 0 saturated carbocycles. The summed E-state index contributed by atoms with van der Waals surface area (Å²) in [6.45, 7) is 0. The Labute approximate surface area is 261 Å². The van der Waals surface area contributed by atoms with E-state index in [2.05, 4.69) is 168 Å². The predicted molar refractivity (Wildman–Crippen MR) is 189 cm³/mol. The van der Waals surface area contributed by atoms with Crippen LogP contribution >= 0.6 is 0 Å². The Morgan fingerprint density at radius 3 is 1.62 bits per heavy atom. The van der Waals surface area contributed by atoms with Gasteiger partial charge in [0.15, 0.2) is 0 Å². The smallest absolute Gasteiger partial charge is 0.137 e. The van der Waals surface area contributed by atoms with E-state index < -0.39 is 0 Å². The maximum Gasteiger partial charge on any atom is 0.137 e. The van der Waals surface area contributed by atoms with Crippen LogP contribution in [0.25, 0.3) is 82.6 Å². The van der Waals surface area contributed by atoms with E-state index in [1.165, 1.54) is 65.7 Å². The monoisotopic (exact) mass is 572 g/mol. The molecule has 0 spiro atoms. The van der Waals surface area contributed by atoms with E-state index in [0.29, 0.717) is 0 Å². The normalized spacial score (nSPS) is 11.6. The molecule has 0 amide bonds. The summed E-state index contributed by atoms with van der Waals surface area (Å²) in [5.74, 6) is 0. The molecule has 2 heterocycles. The van der Waals surface area contributed by atoms with Crippen LogP contribution in [0.2, 0.25) is 0 Å². The molecule has 7 aromatic carbocycles. The molecule has 0 aliphatic carbocycles. The Morgan fingerprint density at radius 1 is 0.356 bits per heavy atom. The second-order valence-electron chi connectivity index (χ2n) is 11.6. The highest BCUT2D eigenvalue weighted by Gasteiger charge is 2.18. The molecule has 45 heavy (non-hydrogen) atoms. The lowest BCUT2D eigenvalue weighted by molar-refractivity contribution is 1.19. The van der Waals surface area contributed by atoms with Crippen LogP contribution in [-0.2, 0) is 0 Å². The lowest BCUT2D eigenvalue weighted by Gasteiger charge is -2.19. The fraction of sp³-hybridized carbons (Fsp3) is 0. The number of benzene rings is 7. The van der Waals surface area contributed by atoms with E-state index in [-0.39, 0.29) is 0 Å². The van der Waals surface area contributed by atoms with Gasteiger partial charge < -0.3 is 4.40 Å². The minimum Gasteiger partial charge on any atom is -0.306 e. The summed E-state index contributed by atoms with van der Waals surface area (Å²) in [6.07, 6.45) is 4.28. The highest BCUT2D eigenvalue weighted by atomic mass is 15.0. The topological polar surface area (TPSA) is 17.3 Å². The molecule has 0 fully saturated rings. The molecule has 2 heteroatoms. The van der Waals surface area contributed by atoms with Crippen molar-refractivity contribution in [2.75, 3.05) is 0 Å². The van der Waals surface area contributed by atoms with E-state index in [9.17, 15) is 0 Å². The first-order valence-electron chi connectivity index (χ1n) is 15.4. The summed E-state index contributed by atoms with van der Waals surface area (Å²) < 4.78 is 2.12. The van der Waals surface area contributed by atoms with Crippen LogP contribution in [0.5, 0.6) is 0 Å². The molecule has 0 unspecified atom stereocenters. The van der Waals surface area contributed by atoms with Gasteiger partial charge >= 0.3 is 0 Å². The number of aromatic nitrogens is 2. The lowest BCUT2D eigenvalue weighted by Crippen LogP contribution is -1.91. The second-order valence-corrected chi connectivity index (χ2v) is 11.6. The van der Waals surface area contributed by atoms with Crippen molar-refractivity contribution in [3.63, 3.8) is 0 Å². The molecule has 210 valence electrons. The van der Waals surface area contributed by atoms with Crippen LogP contribution in [0.4, 0.5) is 0 Å². The molecule has 2 nitrogen and oxygen atoms in total. The molecule has 0 aliphatic rings. The average molecular weight is 573 g/mol. The summed E-state index contributed by atoms with van der Waals surface area (Å²) in [4.78, 5) is 4.95. The van der Waals surface area contributed by atoms with Crippen molar-refractivity contribution in [1.29, 1.82) is 0 Å². The quantitative estimate of drug-likeness (QED) is 0.192. The zero-order valence-corrected chi connectivity index (χ0v) is 24.6. The fourth-order valence-electron chi connectivity index (χ4n) is 6.91. The third kappa shape index (κ3) is 4.22. The van der Waals surface area contributed by atoms with Crippen molar-refractivity contribution >= 4 is 38.0 Å². The van der Waals surface area contributed by atoms with Crippen molar-refractivity contribution in [2.24, 2.45) is 0 Å². The molecule has 2 aromatic heterocycles. The number of rotatable bonds is 4. The number of hydrogen-bond donors (Lipinski definition) is 0. The van der Waals surface area contributed by atoms with E-state index in [4.69, 9.17) is 4.98 Å². The van der Waals surface area contributed by atoms with Gasteiger partial charge in [0.2, 0.25) is 0 Å². The van der Waals surface area contributed by atoms with E-state index in [1.807, 2.05) is 6.07 Å². The Hall–Kier alpha value is -5.99. The summed E-state index contributed by atoms with van der Waals surface area (Å²) >= 11 is 0. The maximum atomic E-state index is 4.95. The largest absolute Gasteiger partial charge is 0.306 e. The van der Waals surface area contributed by atoms with Gasteiger partial charge in [-0.3, -0.25) is 0 Å². The van der Waals surface area contributed by atoms with Crippen LogP contribution in [0.1, 0.15) is 0 Å². The highest BCUT2D eigenvalue weighted by Crippen LogP contribution is 2.45. The van der Waals surface area contributed by atoms with Gasteiger partial charge in [-0.05, 0) is 77.8 Å². The van der Waals surface area contributed by atoms with Gasteiger partial charge in [0.25, 0.3) is 0 Å². The SMILES string of the molecule is c1ccc(-c2ccc3nc(-c4ccc(-c5c6ccccc6c(-c6cccc7ccccc67)c6ccccc56)cc4)cn3c2)cc1. The molecule has 0 saturated heterocycles. The van der Waals surface area contributed by atoms with Gasteiger partial charge in [0.1, 0.15) is 5.65 Å². The molecule has 9 aromatic rings. The number of hydrogen-bond acceptors (Lipinski definition) is 1. The Morgan fingerprint density at radius 2 is 0.911 bits per heavy atom. The van der Waals surface area contributed by atoms with Crippen molar-refractivity contribution in [3.05, 3.63) is 170 Å². The molecule has 0 atom stereocenters. The zero-order valence-electron chi connectivity index (χ0n) is 24.6. The molecule has 0 radical (unpaired) electrons. The Kier molecular flexibility index (Phi) is 5.85. The number of nitrogens with zero attached hydrogens (tertiary/aromatic N) is 2. The third-order valence-corrected chi connectivity index (χ3v) is 9.02. The first kappa shape index (κ1) is 25.5. The Balaban J connectivity index is 1.19. The predicted octanol–water partition coefficient (Wildman–Crippen LogP) is 11.5.